The van der Waals surface area contributed by atoms with Gasteiger partial charge in [0.2, 0.25) is 5.91 Å². The van der Waals surface area contributed by atoms with Gasteiger partial charge in [-0.2, -0.15) is 18.4 Å². The SMILES string of the molecule is Cc1ncsc1-c1ccc(CCC(=O)C2C[C@@H](O)CN2C(=O)[C@H](C(C)C)N2Cc3ccccc3C2=O)c(OCCOCCOCCOc2ccc(N3C(=O)N(c4ccc(C#N)c(C(F)(F)F)c4)C(=O)C3(C)C)cc2)c1. The van der Waals surface area contributed by atoms with E-state index in [1.165, 1.54) is 41.1 Å². The smallest absolute Gasteiger partial charge is 0.417 e. The molecule has 0 spiro atoms. The van der Waals surface area contributed by atoms with E-state index < -0.39 is 53.0 Å². The van der Waals surface area contributed by atoms with Gasteiger partial charge in [0.25, 0.3) is 11.8 Å². The zero-order valence-electron chi connectivity index (χ0n) is 42.1. The van der Waals surface area contributed by atoms with Gasteiger partial charge < -0.3 is 33.9 Å². The highest BCUT2D eigenvalue weighted by molar-refractivity contribution is 7.13. The number of ether oxygens (including phenoxy) is 4. The summed E-state index contributed by atoms with van der Waals surface area (Å²) in [7, 11) is 0. The van der Waals surface area contributed by atoms with Crippen molar-refractivity contribution in [1.29, 1.82) is 5.26 Å². The molecule has 0 aliphatic carbocycles. The highest BCUT2D eigenvalue weighted by Crippen LogP contribution is 2.40. The molecule has 3 aliphatic rings. The van der Waals surface area contributed by atoms with Crippen LogP contribution in [0.5, 0.6) is 11.5 Å². The van der Waals surface area contributed by atoms with Gasteiger partial charge in [-0.15, -0.1) is 11.3 Å². The number of aromatic nitrogens is 1. The quantitative estimate of drug-likeness (QED) is 0.0546. The van der Waals surface area contributed by atoms with Crippen LogP contribution in [-0.4, -0.2) is 119 Å². The van der Waals surface area contributed by atoms with Crippen LogP contribution in [0.1, 0.15) is 78.8 Å². The number of β-amino-alcohol motifs (C(OH)–C–C–N with tert-alkyl or cyclic N) is 1. The molecule has 20 heteroatoms. The standard InChI is InChI=1S/C55H57F3N6O10S/c1-33(2)48(62-30-38-8-6-7-9-43(38)50(62)67)51(68)61-31-41(65)28-45(61)46(66)19-13-35-10-11-36(49-34(3)60-32-75-49)26-47(35)74-25-23-72-21-20-71-22-24-73-42-17-15-39(16-18-42)64-53(70)63(52(69)54(64,4)5)40-14-12-37(29-59)44(27-40)55(56,57)58/h6-12,14-18,26-27,32-33,41,45,48,65H,13,19-25,28,30-31H2,1-5H3/t41-,45?,48+/m1/s1. The predicted octanol–water partition coefficient (Wildman–Crippen LogP) is 8.40. The average molecular weight is 1050 g/mol. The van der Waals surface area contributed by atoms with Crippen LogP contribution in [0.2, 0.25) is 0 Å². The number of carbonyl (C=O) groups is 5. The lowest BCUT2D eigenvalue weighted by atomic mass is 9.97. The van der Waals surface area contributed by atoms with Crippen molar-refractivity contribution in [1.82, 2.24) is 14.8 Å². The van der Waals surface area contributed by atoms with Gasteiger partial charge >= 0.3 is 12.2 Å². The van der Waals surface area contributed by atoms with Crippen molar-refractivity contribution in [3.63, 3.8) is 0 Å². The molecule has 394 valence electrons. The number of urea groups is 1. The number of anilines is 2. The minimum Gasteiger partial charge on any atom is -0.491 e. The summed E-state index contributed by atoms with van der Waals surface area (Å²) >= 11 is 1.50. The summed E-state index contributed by atoms with van der Waals surface area (Å²) in [6, 6.07) is 21.1. The fourth-order valence-electron chi connectivity index (χ4n) is 9.75. The number of nitrogens with zero attached hydrogens (tertiary/aromatic N) is 6. The minimum atomic E-state index is -4.88. The molecule has 8 rings (SSSR count). The van der Waals surface area contributed by atoms with Crippen molar-refractivity contribution in [2.24, 2.45) is 5.92 Å². The number of nitriles is 1. The Bertz CT molecular complexity index is 2990. The van der Waals surface area contributed by atoms with Crippen LogP contribution >= 0.6 is 11.3 Å². The van der Waals surface area contributed by atoms with Gasteiger partial charge in [-0.05, 0) is 104 Å². The number of halogens is 3. The second kappa shape index (κ2) is 22.7. The van der Waals surface area contributed by atoms with E-state index in [9.17, 15) is 47.5 Å². The number of aliphatic hydroxyl groups is 1. The molecule has 75 heavy (non-hydrogen) atoms. The summed E-state index contributed by atoms with van der Waals surface area (Å²) in [5, 5.41) is 20.0. The summed E-state index contributed by atoms with van der Waals surface area (Å²) in [5.41, 5.74) is 2.41. The number of carbonyl (C=O) groups excluding carboxylic acids is 5. The molecule has 1 aromatic heterocycles. The van der Waals surface area contributed by atoms with Crippen LogP contribution in [0.15, 0.2) is 90.4 Å². The molecule has 3 atom stereocenters. The van der Waals surface area contributed by atoms with Gasteiger partial charge in [0.05, 0.1) is 77.5 Å². The molecule has 2 saturated heterocycles. The Hall–Kier alpha value is -7.18. The second-order valence-corrected chi connectivity index (χ2v) is 20.2. The maximum Gasteiger partial charge on any atom is 0.417 e. The Morgan fingerprint density at radius 2 is 1.59 bits per heavy atom. The van der Waals surface area contributed by atoms with Gasteiger partial charge in [0.15, 0.2) is 5.78 Å². The maximum absolute atomic E-state index is 14.3. The molecule has 16 nitrogen and oxygen atoms in total. The van der Waals surface area contributed by atoms with Crippen molar-refractivity contribution in [2.45, 2.75) is 90.3 Å². The van der Waals surface area contributed by atoms with Crippen LogP contribution in [0.4, 0.5) is 29.3 Å². The first kappa shape index (κ1) is 54.1. The van der Waals surface area contributed by atoms with E-state index in [0.717, 1.165) is 39.4 Å². The third-order valence-corrected chi connectivity index (χ3v) is 14.5. The highest BCUT2D eigenvalue weighted by Gasteiger charge is 2.53. The minimum absolute atomic E-state index is 0.00324. The molecule has 0 saturated carbocycles. The molecular weight excluding hydrogens is 994 g/mol. The van der Waals surface area contributed by atoms with Crippen molar-refractivity contribution in [3.8, 4) is 28.0 Å². The van der Waals surface area contributed by atoms with E-state index in [0.29, 0.717) is 46.7 Å². The van der Waals surface area contributed by atoms with Gasteiger partial charge in [0, 0.05) is 37.2 Å². The van der Waals surface area contributed by atoms with Crippen LogP contribution in [0, 0.1) is 24.2 Å². The number of alkyl halides is 3. The molecule has 5 aromatic rings. The van der Waals surface area contributed by atoms with Crippen LogP contribution in [0.3, 0.4) is 0 Å². The number of benzene rings is 4. The first-order valence-electron chi connectivity index (χ1n) is 24.5. The van der Waals surface area contributed by atoms with Crippen molar-refractivity contribution in [2.75, 3.05) is 56.0 Å². The van der Waals surface area contributed by atoms with E-state index in [2.05, 4.69) is 4.98 Å². The number of likely N-dealkylation sites (tertiary alicyclic amines) is 1. The summed E-state index contributed by atoms with van der Waals surface area (Å²) in [6.45, 7) is 10.3. The molecule has 1 unspecified atom stereocenters. The lowest BCUT2D eigenvalue weighted by Gasteiger charge is -2.35. The van der Waals surface area contributed by atoms with Crippen LogP contribution in [0.25, 0.3) is 10.4 Å². The van der Waals surface area contributed by atoms with Crippen LogP contribution < -0.4 is 19.3 Å². The Labute approximate surface area is 436 Å². The molecule has 4 heterocycles. The zero-order valence-corrected chi connectivity index (χ0v) is 42.9. The third kappa shape index (κ3) is 11.6. The topological polar surface area (TPSA) is 192 Å². The van der Waals surface area contributed by atoms with E-state index >= 15 is 0 Å². The third-order valence-electron chi connectivity index (χ3n) is 13.5. The summed E-state index contributed by atoms with van der Waals surface area (Å²) in [6.07, 6.45) is -5.25. The number of amides is 5. The normalized spacial score (nSPS) is 17.7. The number of thiazole rings is 1. The Morgan fingerprint density at radius 1 is 0.907 bits per heavy atom. The fourth-order valence-corrected chi connectivity index (χ4v) is 10.6. The number of aryl methyl sites for hydroxylation is 2. The molecular formula is C55H57F3N6O10S. The molecule has 5 amide bonds. The highest BCUT2D eigenvalue weighted by atomic mass is 32.1. The predicted molar refractivity (Wildman–Crippen MR) is 271 cm³/mol. The van der Waals surface area contributed by atoms with Gasteiger partial charge in [-0.3, -0.25) is 24.1 Å². The molecule has 3 aliphatic heterocycles. The number of fused-ring (bicyclic) bond motifs is 1. The first-order valence-corrected chi connectivity index (χ1v) is 25.4. The maximum atomic E-state index is 14.3. The first-order chi connectivity index (χ1) is 35.8. The summed E-state index contributed by atoms with van der Waals surface area (Å²) in [5.74, 6) is -0.734. The number of rotatable bonds is 21. The summed E-state index contributed by atoms with van der Waals surface area (Å²) < 4.78 is 64.7. The number of aliphatic hydroxyl groups excluding tert-OH is 1. The number of imide groups is 1. The van der Waals surface area contributed by atoms with Gasteiger partial charge in [-0.1, -0.05) is 44.2 Å². The van der Waals surface area contributed by atoms with Gasteiger partial charge in [0.1, 0.15) is 36.3 Å². The Balaban J connectivity index is 0.797. The van der Waals surface area contributed by atoms with Gasteiger partial charge in [-0.25, -0.2) is 14.7 Å². The molecule has 0 radical (unpaired) electrons. The van der Waals surface area contributed by atoms with Crippen molar-refractivity contribution < 1.29 is 61.2 Å². The van der Waals surface area contributed by atoms with Crippen LogP contribution in [-0.2, 0) is 43.0 Å². The second-order valence-electron chi connectivity index (χ2n) is 19.3. The van der Waals surface area contributed by atoms with Crippen molar-refractivity contribution >= 4 is 52.2 Å². The number of Topliss-reactive ketones (excluding diaryl/α,β-unsaturated/α-hetero) is 1. The summed E-state index contributed by atoms with van der Waals surface area (Å²) in [4.78, 5) is 79.1. The number of hydrogen-bond acceptors (Lipinski definition) is 13. The molecule has 0 bridgehead atoms. The average Bonchev–Trinajstić information content (AvgIpc) is 4.14. The lowest BCUT2D eigenvalue weighted by Crippen LogP contribution is -2.54. The van der Waals surface area contributed by atoms with E-state index in [4.69, 9.17) is 18.9 Å². The number of hydrogen-bond donors (Lipinski definition) is 1. The Kier molecular flexibility index (Phi) is 16.4. The largest absolute Gasteiger partial charge is 0.491 e. The lowest BCUT2D eigenvalue weighted by molar-refractivity contribution is -0.142. The van der Waals surface area contributed by atoms with Crippen molar-refractivity contribution in [3.05, 3.63) is 124 Å². The zero-order chi connectivity index (χ0) is 53.8. The van der Waals surface area contributed by atoms with E-state index in [-0.39, 0.29) is 88.2 Å². The monoisotopic (exact) mass is 1050 g/mol. The van der Waals surface area contributed by atoms with E-state index in [1.807, 2.05) is 51.1 Å². The number of ketones is 1. The Morgan fingerprint density at radius 3 is 2.24 bits per heavy atom. The molecule has 1 N–H and O–H groups in total. The molecule has 2 fully saturated rings. The van der Waals surface area contributed by atoms with E-state index in [1.54, 1.807) is 46.8 Å². The molecule has 4 aromatic carbocycles. The fraction of sp³-hybridized carbons (Fsp3) is 0.400.